The average molecular weight is 356 g/mol. The third-order valence-electron chi connectivity index (χ3n) is 4.44. The molecule has 0 unspecified atom stereocenters. The normalized spacial score (nSPS) is 15.7. The zero-order chi connectivity index (χ0) is 18.7. The van der Waals surface area contributed by atoms with Gasteiger partial charge in [0.05, 0.1) is 32.1 Å². The van der Waals surface area contributed by atoms with Gasteiger partial charge in [-0.2, -0.15) is 0 Å². The molecule has 1 N–H and O–H groups in total. The van der Waals surface area contributed by atoms with Crippen LogP contribution in [0.3, 0.4) is 0 Å². The van der Waals surface area contributed by atoms with E-state index in [4.69, 9.17) is 14.2 Å². The molecule has 6 heteroatoms. The Labute approximate surface area is 153 Å². The minimum atomic E-state index is -0.220. The second kappa shape index (κ2) is 7.56. The van der Waals surface area contributed by atoms with Crippen molar-refractivity contribution in [1.29, 1.82) is 0 Å². The van der Waals surface area contributed by atoms with E-state index in [1.807, 2.05) is 32.0 Å². The van der Waals surface area contributed by atoms with Crippen LogP contribution < -0.4 is 24.4 Å². The third-order valence-corrected chi connectivity index (χ3v) is 4.44. The Bertz CT molecular complexity index is 806. The van der Waals surface area contributed by atoms with E-state index in [1.54, 1.807) is 37.3 Å². The Hall–Kier alpha value is -2.89. The lowest BCUT2D eigenvalue weighted by molar-refractivity contribution is 0.188. The van der Waals surface area contributed by atoms with Gasteiger partial charge in [-0.25, -0.2) is 4.79 Å². The molecule has 1 aliphatic rings. The van der Waals surface area contributed by atoms with Crippen molar-refractivity contribution in [1.82, 2.24) is 0 Å². The van der Waals surface area contributed by atoms with Gasteiger partial charge in [0.1, 0.15) is 23.4 Å². The maximum absolute atomic E-state index is 13.0. The van der Waals surface area contributed by atoms with Gasteiger partial charge >= 0.3 is 6.03 Å². The van der Waals surface area contributed by atoms with Crippen molar-refractivity contribution in [2.75, 3.05) is 31.0 Å². The van der Waals surface area contributed by atoms with Gasteiger partial charge in [-0.05, 0) is 43.2 Å². The number of hydrogen-bond donors (Lipinski definition) is 1. The predicted octanol–water partition coefficient (Wildman–Crippen LogP) is 4.22. The first-order valence-electron chi connectivity index (χ1n) is 8.63. The van der Waals surface area contributed by atoms with Crippen LogP contribution in [0.15, 0.2) is 36.4 Å². The first kappa shape index (κ1) is 17.9. The molecule has 2 amide bonds. The van der Waals surface area contributed by atoms with Crippen molar-refractivity contribution >= 4 is 17.4 Å². The number of methoxy groups -OCH3 is 2. The molecule has 2 aromatic carbocycles. The molecule has 0 aromatic heterocycles. The highest BCUT2D eigenvalue weighted by molar-refractivity contribution is 6.04. The SMILES string of the molecule is CC[C@H]1CN(C(=O)Nc2ccc(OC)cc2OC)c2cc(C)ccc2O1. The van der Waals surface area contributed by atoms with E-state index in [9.17, 15) is 4.79 Å². The molecule has 0 saturated carbocycles. The number of ether oxygens (including phenoxy) is 3. The van der Waals surface area contributed by atoms with Crippen molar-refractivity contribution in [3.8, 4) is 17.2 Å². The van der Waals surface area contributed by atoms with Crippen molar-refractivity contribution in [2.24, 2.45) is 0 Å². The van der Waals surface area contributed by atoms with E-state index in [-0.39, 0.29) is 12.1 Å². The van der Waals surface area contributed by atoms with Crippen molar-refractivity contribution < 1.29 is 19.0 Å². The predicted molar refractivity (Wildman–Crippen MR) is 102 cm³/mol. The highest BCUT2D eigenvalue weighted by Crippen LogP contribution is 2.36. The molecule has 1 atom stereocenters. The Balaban J connectivity index is 1.89. The van der Waals surface area contributed by atoms with E-state index >= 15 is 0 Å². The quantitative estimate of drug-likeness (QED) is 0.891. The minimum absolute atomic E-state index is 0.0336. The Morgan fingerprint density at radius 3 is 2.73 bits per heavy atom. The standard InChI is InChI=1S/C20H24N2O4/c1-5-14-12-22(17-10-13(2)6-9-18(17)26-14)20(23)21-16-8-7-15(24-3)11-19(16)25-4/h6-11,14H,5,12H2,1-4H3,(H,21,23)/t14-/m0/s1. The lowest BCUT2D eigenvalue weighted by Crippen LogP contribution is -2.45. The molecule has 0 radical (unpaired) electrons. The molecule has 0 aliphatic carbocycles. The summed E-state index contributed by atoms with van der Waals surface area (Å²) in [6, 6.07) is 10.9. The van der Waals surface area contributed by atoms with Gasteiger partial charge in [0.25, 0.3) is 0 Å². The van der Waals surface area contributed by atoms with Crippen LogP contribution in [0.5, 0.6) is 17.2 Å². The van der Waals surface area contributed by atoms with E-state index in [0.29, 0.717) is 23.7 Å². The number of nitrogens with zero attached hydrogens (tertiary/aromatic N) is 1. The van der Waals surface area contributed by atoms with Gasteiger partial charge in [-0.15, -0.1) is 0 Å². The first-order chi connectivity index (χ1) is 12.5. The molecule has 26 heavy (non-hydrogen) atoms. The van der Waals surface area contributed by atoms with Gasteiger partial charge in [-0.1, -0.05) is 13.0 Å². The van der Waals surface area contributed by atoms with Crippen LogP contribution in [0, 0.1) is 6.92 Å². The molecule has 0 saturated heterocycles. The van der Waals surface area contributed by atoms with E-state index in [2.05, 4.69) is 5.32 Å². The van der Waals surface area contributed by atoms with Crippen LogP contribution in [0.1, 0.15) is 18.9 Å². The van der Waals surface area contributed by atoms with E-state index < -0.39 is 0 Å². The summed E-state index contributed by atoms with van der Waals surface area (Å²) in [5, 5.41) is 2.94. The maximum atomic E-state index is 13.0. The van der Waals surface area contributed by atoms with Crippen LogP contribution in [-0.4, -0.2) is 32.9 Å². The maximum Gasteiger partial charge on any atom is 0.326 e. The summed E-state index contributed by atoms with van der Waals surface area (Å²) in [6.45, 7) is 4.54. The molecule has 0 spiro atoms. The van der Waals surface area contributed by atoms with Gasteiger partial charge in [-0.3, -0.25) is 4.90 Å². The molecule has 1 heterocycles. The van der Waals surface area contributed by atoms with Crippen LogP contribution in [0.25, 0.3) is 0 Å². The largest absolute Gasteiger partial charge is 0.497 e. The number of hydrogen-bond acceptors (Lipinski definition) is 4. The first-order valence-corrected chi connectivity index (χ1v) is 8.63. The number of anilines is 2. The number of benzene rings is 2. The number of nitrogens with one attached hydrogen (secondary N) is 1. The molecule has 0 bridgehead atoms. The van der Waals surface area contributed by atoms with Crippen molar-refractivity contribution in [3.05, 3.63) is 42.0 Å². The van der Waals surface area contributed by atoms with Crippen LogP contribution in [0.2, 0.25) is 0 Å². The lowest BCUT2D eigenvalue weighted by atomic mass is 10.1. The lowest BCUT2D eigenvalue weighted by Gasteiger charge is -2.34. The molecule has 0 fully saturated rings. The number of rotatable bonds is 4. The van der Waals surface area contributed by atoms with Gasteiger partial charge in [0, 0.05) is 6.07 Å². The van der Waals surface area contributed by atoms with E-state index in [0.717, 1.165) is 23.4 Å². The summed E-state index contributed by atoms with van der Waals surface area (Å²) in [5.41, 5.74) is 2.44. The highest BCUT2D eigenvalue weighted by atomic mass is 16.5. The number of aryl methyl sites for hydroxylation is 1. The van der Waals surface area contributed by atoms with Gasteiger partial charge < -0.3 is 19.5 Å². The van der Waals surface area contributed by atoms with Gasteiger partial charge in [0.15, 0.2) is 0 Å². The summed E-state index contributed by atoms with van der Waals surface area (Å²) in [6.07, 6.45) is 0.789. The number of urea groups is 1. The smallest absolute Gasteiger partial charge is 0.326 e. The van der Waals surface area contributed by atoms with E-state index in [1.165, 1.54) is 0 Å². The van der Waals surface area contributed by atoms with Crippen LogP contribution in [-0.2, 0) is 0 Å². The summed E-state index contributed by atoms with van der Waals surface area (Å²) < 4.78 is 16.5. The molecule has 1 aliphatic heterocycles. The second-order valence-corrected chi connectivity index (χ2v) is 6.23. The van der Waals surface area contributed by atoms with Crippen LogP contribution >= 0.6 is 0 Å². The molecular formula is C20H24N2O4. The monoisotopic (exact) mass is 356 g/mol. The number of fused-ring (bicyclic) bond motifs is 1. The zero-order valence-electron chi connectivity index (χ0n) is 15.5. The fourth-order valence-corrected chi connectivity index (χ4v) is 2.95. The Morgan fingerprint density at radius 1 is 1.23 bits per heavy atom. The number of carbonyl (C=O) groups excluding carboxylic acids is 1. The fraction of sp³-hybridized carbons (Fsp3) is 0.350. The van der Waals surface area contributed by atoms with Gasteiger partial charge in [0.2, 0.25) is 0 Å². The highest BCUT2D eigenvalue weighted by Gasteiger charge is 2.29. The summed E-state index contributed by atoms with van der Waals surface area (Å²) in [4.78, 5) is 14.7. The third kappa shape index (κ3) is 3.54. The van der Waals surface area contributed by atoms with Crippen LogP contribution in [0.4, 0.5) is 16.2 Å². The Morgan fingerprint density at radius 2 is 2.04 bits per heavy atom. The Kier molecular flexibility index (Phi) is 5.21. The average Bonchev–Trinajstić information content (AvgIpc) is 2.67. The van der Waals surface area contributed by atoms with Crippen molar-refractivity contribution in [2.45, 2.75) is 26.4 Å². The molecule has 6 nitrogen and oxygen atoms in total. The molecule has 3 rings (SSSR count). The molecule has 2 aromatic rings. The fourth-order valence-electron chi connectivity index (χ4n) is 2.95. The summed E-state index contributed by atoms with van der Waals surface area (Å²) >= 11 is 0. The zero-order valence-corrected chi connectivity index (χ0v) is 15.5. The summed E-state index contributed by atoms with van der Waals surface area (Å²) in [7, 11) is 3.15. The number of amides is 2. The summed E-state index contributed by atoms with van der Waals surface area (Å²) in [5.74, 6) is 1.94. The number of carbonyl (C=O) groups is 1. The second-order valence-electron chi connectivity index (χ2n) is 6.23. The topological polar surface area (TPSA) is 60.0 Å². The van der Waals surface area contributed by atoms with Crippen molar-refractivity contribution in [3.63, 3.8) is 0 Å². The minimum Gasteiger partial charge on any atom is -0.497 e. The molecule has 138 valence electrons. The molecular weight excluding hydrogens is 332 g/mol.